The molecule has 0 amide bonds. The summed E-state index contributed by atoms with van der Waals surface area (Å²) in [7, 11) is 0. The van der Waals surface area contributed by atoms with Gasteiger partial charge in [-0.2, -0.15) is 4.98 Å². The maximum atomic E-state index is 5.35. The summed E-state index contributed by atoms with van der Waals surface area (Å²) >= 11 is 5.29. The molecule has 0 fully saturated rings. The fourth-order valence-corrected chi connectivity index (χ4v) is 0.679. The Morgan fingerprint density at radius 3 is 3.00 bits per heavy atom. The van der Waals surface area contributed by atoms with E-state index in [0.29, 0.717) is 11.7 Å². The van der Waals surface area contributed by atoms with Crippen molar-refractivity contribution in [2.75, 3.05) is 11.8 Å². The molecule has 2 N–H and O–H groups in total. The Hall–Kier alpha value is -0.960. The van der Waals surface area contributed by atoms with Crippen LogP contribution in [0.2, 0.25) is 0 Å². The highest BCUT2D eigenvalue weighted by molar-refractivity contribution is 6.17. The van der Waals surface area contributed by atoms with Gasteiger partial charge in [0, 0.05) is 6.07 Å². The first-order valence-corrected chi connectivity index (χ1v) is 3.27. The van der Waals surface area contributed by atoms with Crippen molar-refractivity contribution < 1.29 is 4.74 Å². The van der Waals surface area contributed by atoms with Gasteiger partial charge in [0.1, 0.15) is 5.82 Å². The summed E-state index contributed by atoms with van der Waals surface area (Å²) in [6.07, 6.45) is 0. The summed E-state index contributed by atoms with van der Waals surface area (Å²) in [6.45, 7) is 0. The van der Waals surface area contributed by atoms with E-state index >= 15 is 0 Å². The molecule has 3 nitrogen and oxygen atoms in total. The summed E-state index contributed by atoms with van der Waals surface area (Å²) in [5.74, 6) is 0.887. The lowest BCUT2D eigenvalue weighted by molar-refractivity contribution is 0.373. The van der Waals surface area contributed by atoms with Crippen LogP contribution < -0.4 is 10.5 Å². The molecule has 4 heteroatoms. The molecule has 1 rings (SSSR count). The predicted octanol–water partition coefficient (Wildman–Crippen LogP) is 1.24. The third-order valence-electron chi connectivity index (χ3n) is 0.948. The van der Waals surface area contributed by atoms with E-state index in [1.54, 1.807) is 18.2 Å². The van der Waals surface area contributed by atoms with Crippen molar-refractivity contribution in [3.05, 3.63) is 18.2 Å². The molecule has 0 aliphatic rings. The van der Waals surface area contributed by atoms with Gasteiger partial charge in [0.05, 0.1) is 0 Å². The first kappa shape index (κ1) is 7.15. The van der Waals surface area contributed by atoms with Crippen LogP contribution in [0.25, 0.3) is 0 Å². The van der Waals surface area contributed by atoms with Crippen LogP contribution in [0.5, 0.6) is 5.88 Å². The second-order valence-corrected chi connectivity index (χ2v) is 1.87. The monoisotopic (exact) mass is 158 g/mol. The maximum absolute atomic E-state index is 5.35. The Balaban J connectivity index is 2.75. The Kier molecular flexibility index (Phi) is 2.34. The van der Waals surface area contributed by atoms with Crippen molar-refractivity contribution in [3.63, 3.8) is 0 Å². The average molecular weight is 159 g/mol. The smallest absolute Gasteiger partial charge is 0.216 e. The quantitative estimate of drug-likeness (QED) is 0.659. The molecule has 1 heterocycles. The van der Waals surface area contributed by atoms with E-state index in [2.05, 4.69) is 4.98 Å². The zero-order chi connectivity index (χ0) is 7.40. The summed E-state index contributed by atoms with van der Waals surface area (Å²) in [5.41, 5.74) is 5.35. The van der Waals surface area contributed by atoms with Crippen LogP contribution in [0.1, 0.15) is 0 Å². The van der Waals surface area contributed by atoms with E-state index in [1.807, 2.05) is 0 Å². The average Bonchev–Trinajstić information content (AvgIpc) is 1.88. The van der Waals surface area contributed by atoms with Crippen molar-refractivity contribution in [1.29, 1.82) is 0 Å². The van der Waals surface area contributed by atoms with E-state index in [1.165, 1.54) is 0 Å². The fraction of sp³-hybridized carbons (Fsp3) is 0.167. The van der Waals surface area contributed by atoms with Crippen molar-refractivity contribution >= 4 is 17.4 Å². The minimum absolute atomic E-state index is 0.0937. The van der Waals surface area contributed by atoms with Gasteiger partial charge in [0.15, 0.2) is 6.07 Å². The number of halogens is 1. The third-order valence-corrected chi connectivity index (χ3v) is 1.06. The number of nitrogen functional groups attached to an aromatic ring is 1. The van der Waals surface area contributed by atoms with Gasteiger partial charge in [0.2, 0.25) is 5.88 Å². The Labute approximate surface area is 63.8 Å². The number of hydrogen-bond donors (Lipinski definition) is 1. The molecule has 0 atom stereocenters. The fourth-order valence-electron chi connectivity index (χ4n) is 0.567. The minimum Gasteiger partial charge on any atom is -0.461 e. The predicted molar refractivity (Wildman–Crippen MR) is 40.0 cm³/mol. The number of nitrogens with two attached hydrogens (primary N) is 1. The second-order valence-electron chi connectivity index (χ2n) is 1.65. The zero-order valence-electron chi connectivity index (χ0n) is 5.25. The molecule has 10 heavy (non-hydrogen) atoms. The molecule has 0 aliphatic carbocycles. The van der Waals surface area contributed by atoms with Gasteiger partial charge in [-0.1, -0.05) is 17.7 Å². The largest absolute Gasteiger partial charge is 0.461 e. The zero-order valence-corrected chi connectivity index (χ0v) is 6.01. The van der Waals surface area contributed by atoms with Crippen molar-refractivity contribution in [2.24, 2.45) is 0 Å². The van der Waals surface area contributed by atoms with Crippen LogP contribution in [0.15, 0.2) is 18.2 Å². The van der Waals surface area contributed by atoms with Gasteiger partial charge in [-0.05, 0) is 6.07 Å². The first-order chi connectivity index (χ1) is 4.83. The molecule has 1 aromatic rings. The molecule has 0 aliphatic heterocycles. The number of anilines is 1. The van der Waals surface area contributed by atoms with Crippen molar-refractivity contribution in [3.8, 4) is 5.88 Å². The molecule has 0 saturated heterocycles. The maximum Gasteiger partial charge on any atom is 0.216 e. The number of hydrogen-bond acceptors (Lipinski definition) is 3. The van der Waals surface area contributed by atoms with E-state index < -0.39 is 0 Å². The molecular weight excluding hydrogens is 152 g/mol. The molecule has 0 unspecified atom stereocenters. The third kappa shape index (κ3) is 1.77. The van der Waals surface area contributed by atoms with Crippen LogP contribution in [0.4, 0.5) is 5.82 Å². The van der Waals surface area contributed by atoms with E-state index in [4.69, 9.17) is 22.1 Å². The highest BCUT2D eigenvalue weighted by atomic mass is 35.5. The molecule has 0 radical (unpaired) electrons. The Bertz CT molecular complexity index is 217. The number of pyridine rings is 1. The lowest BCUT2D eigenvalue weighted by atomic mass is 10.5. The summed E-state index contributed by atoms with van der Waals surface area (Å²) in [5, 5.41) is 0. The highest BCUT2D eigenvalue weighted by Crippen LogP contribution is 2.08. The van der Waals surface area contributed by atoms with Gasteiger partial charge >= 0.3 is 0 Å². The lowest BCUT2D eigenvalue weighted by Crippen LogP contribution is -1.95. The van der Waals surface area contributed by atoms with Gasteiger partial charge in [-0.15, -0.1) is 0 Å². The SMILES string of the molecule is Nc1cccc(OCCl)n1. The summed E-state index contributed by atoms with van der Waals surface area (Å²) in [6, 6.07) is 5.22. The number of nitrogens with zero attached hydrogens (tertiary/aromatic N) is 1. The molecular formula is C6H7ClN2O. The Morgan fingerprint density at radius 2 is 2.40 bits per heavy atom. The van der Waals surface area contributed by atoms with Gasteiger partial charge < -0.3 is 10.5 Å². The topological polar surface area (TPSA) is 48.1 Å². The molecule has 0 spiro atoms. The van der Waals surface area contributed by atoms with Crippen LogP contribution in [0, 0.1) is 0 Å². The molecule has 54 valence electrons. The lowest BCUT2D eigenvalue weighted by Gasteiger charge is -1.99. The van der Waals surface area contributed by atoms with Gasteiger partial charge in [-0.25, -0.2) is 0 Å². The number of alkyl halides is 1. The normalized spacial score (nSPS) is 9.30. The number of rotatable bonds is 2. The van der Waals surface area contributed by atoms with Crippen molar-refractivity contribution in [2.45, 2.75) is 0 Å². The molecule has 0 saturated carbocycles. The molecule has 0 bridgehead atoms. The van der Waals surface area contributed by atoms with Crippen LogP contribution in [0.3, 0.4) is 0 Å². The summed E-state index contributed by atoms with van der Waals surface area (Å²) in [4.78, 5) is 3.83. The van der Waals surface area contributed by atoms with E-state index in [0.717, 1.165) is 0 Å². The van der Waals surface area contributed by atoms with Crippen molar-refractivity contribution in [1.82, 2.24) is 4.98 Å². The molecule has 0 aromatic carbocycles. The first-order valence-electron chi connectivity index (χ1n) is 2.74. The highest BCUT2D eigenvalue weighted by Gasteiger charge is 1.91. The van der Waals surface area contributed by atoms with E-state index in [9.17, 15) is 0 Å². The molecule has 1 aromatic heterocycles. The van der Waals surface area contributed by atoms with E-state index in [-0.39, 0.29) is 6.07 Å². The van der Waals surface area contributed by atoms with Crippen LogP contribution in [-0.2, 0) is 0 Å². The second kappa shape index (κ2) is 3.27. The Morgan fingerprint density at radius 1 is 1.60 bits per heavy atom. The number of ether oxygens (including phenoxy) is 1. The number of aromatic nitrogens is 1. The minimum atomic E-state index is 0.0937. The van der Waals surface area contributed by atoms with Gasteiger partial charge in [0.25, 0.3) is 0 Å². The summed E-state index contributed by atoms with van der Waals surface area (Å²) < 4.78 is 4.86. The van der Waals surface area contributed by atoms with Crippen LogP contribution >= 0.6 is 11.6 Å². The standard InChI is InChI=1S/C6H7ClN2O/c7-4-10-6-3-1-2-5(8)9-6/h1-3H,4H2,(H2,8,9). The van der Waals surface area contributed by atoms with Gasteiger partial charge in [-0.3, -0.25) is 0 Å². The van der Waals surface area contributed by atoms with Crippen LogP contribution in [-0.4, -0.2) is 11.1 Å².